The summed E-state index contributed by atoms with van der Waals surface area (Å²) >= 11 is 0. The lowest BCUT2D eigenvalue weighted by Crippen LogP contribution is -2.44. The van der Waals surface area contributed by atoms with Crippen LogP contribution in [-0.2, 0) is 9.47 Å². The molecular formula is C11H14N8O5. The molecule has 0 amide bonds. The number of hydrogen-bond donors (Lipinski definition) is 4. The van der Waals surface area contributed by atoms with Crippen molar-refractivity contribution in [3.8, 4) is 5.88 Å². The second-order valence-corrected chi connectivity index (χ2v) is 5.15. The molecule has 1 aliphatic heterocycles. The number of nitrogen functional groups attached to an aromatic ring is 1. The van der Waals surface area contributed by atoms with Crippen LogP contribution < -0.4 is 5.73 Å². The van der Waals surface area contributed by atoms with E-state index in [2.05, 4.69) is 25.1 Å². The summed E-state index contributed by atoms with van der Waals surface area (Å²) in [6.07, 6.45) is -2.92. The molecule has 1 aliphatic rings. The van der Waals surface area contributed by atoms with Crippen molar-refractivity contribution in [1.82, 2.24) is 19.6 Å². The lowest BCUT2D eigenvalue weighted by atomic mass is 10.0. The Bertz CT molecular complexity index is 820. The Labute approximate surface area is 133 Å². The lowest BCUT2D eigenvalue weighted by molar-refractivity contribution is -0.116. The molecule has 2 aromatic heterocycles. The van der Waals surface area contributed by atoms with E-state index < -0.39 is 29.9 Å². The number of aromatic hydroxyl groups is 1. The van der Waals surface area contributed by atoms with Crippen molar-refractivity contribution in [2.24, 2.45) is 5.11 Å². The predicted octanol–water partition coefficient (Wildman–Crippen LogP) is -1.14. The van der Waals surface area contributed by atoms with E-state index in [4.69, 9.17) is 20.7 Å². The van der Waals surface area contributed by atoms with Gasteiger partial charge in [-0.3, -0.25) is 0 Å². The van der Waals surface area contributed by atoms with Crippen molar-refractivity contribution in [3.05, 3.63) is 22.3 Å². The number of ether oxygens (including phenoxy) is 2. The second-order valence-electron chi connectivity index (χ2n) is 5.15. The fourth-order valence-electron chi connectivity index (χ4n) is 2.63. The first-order valence-electron chi connectivity index (χ1n) is 6.73. The third kappa shape index (κ3) is 2.28. The van der Waals surface area contributed by atoms with Crippen LogP contribution >= 0.6 is 0 Å². The van der Waals surface area contributed by atoms with Gasteiger partial charge in [-0.25, -0.2) is 9.50 Å². The number of hydrogen-bond acceptors (Lipinski definition) is 10. The molecule has 13 heteroatoms. The van der Waals surface area contributed by atoms with E-state index in [1.54, 1.807) is 0 Å². The van der Waals surface area contributed by atoms with Gasteiger partial charge >= 0.3 is 0 Å². The normalized spacial score (nSPS) is 29.7. The van der Waals surface area contributed by atoms with E-state index in [1.807, 2.05) is 0 Å². The van der Waals surface area contributed by atoms with Gasteiger partial charge in [-0.2, -0.15) is 4.98 Å². The summed E-state index contributed by atoms with van der Waals surface area (Å²) in [5.41, 5.74) is 12.6. The summed E-state index contributed by atoms with van der Waals surface area (Å²) in [5.74, 6) is -0.689. The first-order chi connectivity index (χ1) is 11.4. The largest absolute Gasteiger partial charge is 0.491 e. The molecule has 1 saturated heterocycles. The highest BCUT2D eigenvalue weighted by Gasteiger charge is 2.55. The second kappa shape index (κ2) is 5.74. The van der Waals surface area contributed by atoms with Crippen molar-refractivity contribution in [2.45, 2.75) is 24.0 Å². The lowest BCUT2D eigenvalue weighted by Gasteiger charge is -2.25. The fraction of sp³-hybridized carbons (Fsp3) is 0.545. The number of aromatic nitrogens is 4. The van der Waals surface area contributed by atoms with Crippen LogP contribution in [0.2, 0.25) is 0 Å². The van der Waals surface area contributed by atoms with Gasteiger partial charge in [0, 0.05) is 12.0 Å². The Morgan fingerprint density at radius 1 is 1.58 bits per heavy atom. The Morgan fingerprint density at radius 2 is 2.33 bits per heavy atom. The number of nitrogens with two attached hydrogens (primary N) is 1. The minimum atomic E-state index is -1.82. The van der Waals surface area contributed by atoms with E-state index in [0.29, 0.717) is 0 Å². The summed E-state index contributed by atoms with van der Waals surface area (Å²) < 4.78 is 11.6. The summed E-state index contributed by atoms with van der Waals surface area (Å²) in [6, 6.07) is 0. The molecular weight excluding hydrogens is 324 g/mol. The van der Waals surface area contributed by atoms with Gasteiger partial charge in [-0.05, 0) is 5.53 Å². The van der Waals surface area contributed by atoms with Crippen LogP contribution in [0.25, 0.3) is 16.1 Å². The van der Waals surface area contributed by atoms with Gasteiger partial charge in [-0.15, -0.1) is 5.10 Å². The maximum absolute atomic E-state index is 10.3. The van der Waals surface area contributed by atoms with Crippen LogP contribution in [0, 0.1) is 0 Å². The van der Waals surface area contributed by atoms with Crippen LogP contribution in [-0.4, -0.2) is 66.6 Å². The molecule has 13 nitrogen and oxygen atoms in total. The summed E-state index contributed by atoms with van der Waals surface area (Å²) in [4.78, 5) is 10.1. The maximum atomic E-state index is 10.3. The van der Waals surface area contributed by atoms with Gasteiger partial charge in [-0.1, -0.05) is 5.11 Å². The highest BCUT2D eigenvalue weighted by Crippen LogP contribution is 2.41. The average molecular weight is 338 g/mol. The van der Waals surface area contributed by atoms with Crippen molar-refractivity contribution < 1.29 is 24.8 Å². The standard InChI is InChI=1S/C11H14N8O5/c1-23-3-11(17-18-13)7(21)5(20)6(24-11)4-2-14-8-9(22)15-10(12)16-19(4)8/h2,5-7,20-21H,3H2,1H3,(H3,12,15,16,22)/t5-,6-,7-,11+/m0/s1. The molecule has 3 rings (SSSR count). The molecule has 5 N–H and O–H groups in total. The average Bonchev–Trinajstić information content (AvgIpc) is 3.04. The third-order valence-electron chi connectivity index (χ3n) is 3.67. The summed E-state index contributed by atoms with van der Waals surface area (Å²) in [5, 5.41) is 37.7. The first-order valence-corrected chi connectivity index (χ1v) is 6.73. The molecule has 3 heterocycles. The SMILES string of the molecule is COC[C@@]1(N=[N+]=[N-])O[C@@H](c2cnc3c(O)nc(N)nn23)[C@H](O)[C@@H]1O. The Balaban J connectivity index is 2.09. The third-order valence-corrected chi connectivity index (χ3v) is 3.67. The maximum Gasteiger partial charge on any atom is 0.260 e. The van der Waals surface area contributed by atoms with Gasteiger partial charge < -0.3 is 30.5 Å². The number of imidazole rings is 1. The highest BCUT2D eigenvalue weighted by atomic mass is 16.6. The van der Waals surface area contributed by atoms with Crippen LogP contribution in [0.3, 0.4) is 0 Å². The zero-order valence-corrected chi connectivity index (χ0v) is 12.4. The molecule has 0 unspecified atom stereocenters. The summed E-state index contributed by atoms with van der Waals surface area (Å²) in [7, 11) is 1.32. The van der Waals surface area contributed by atoms with Crippen molar-refractivity contribution in [3.63, 3.8) is 0 Å². The van der Waals surface area contributed by atoms with E-state index in [0.717, 1.165) is 4.52 Å². The quantitative estimate of drug-likeness (QED) is 0.302. The van der Waals surface area contributed by atoms with Gasteiger partial charge in [0.05, 0.1) is 18.5 Å². The molecule has 4 atom stereocenters. The topological polar surface area (TPSA) is 197 Å². The number of nitrogens with zero attached hydrogens (tertiary/aromatic N) is 7. The molecule has 0 spiro atoms. The van der Waals surface area contributed by atoms with Crippen molar-refractivity contribution in [1.29, 1.82) is 0 Å². The number of aliphatic hydroxyl groups excluding tert-OH is 2. The van der Waals surface area contributed by atoms with Crippen molar-refractivity contribution in [2.75, 3.05) is 19.5 Å². The molecule has 0 aliphatic carbocycles. The van der Waals surface area contributed by atoms with Crippen LogP contribution in [0.1, 0.15) is 11.8 Å². The zero-order valence-electron chi connectivity index (χ0n) is 12.4. The summed E-state index contributed by atoms with van der Waals surface area (Å²) in [6.45, 7) is -0.287. The van der Waals surface area contributed by atoms with E-state index in [-0.39, 0.29) is 23.9 Å². The number of azide groups is 1. The Hall–Kier alpha value is -2.70. The van der Waals surface area contributed by atoms with Crippen LogP contribution in [0.4, 0.5) is 5.95 Å². The minimum absolute atomic E-state index is 0.0162. The number of fused-ring (bicyclic) bond motifs is 1. The predicted molar refractivity (Wildman–Crippen MR) is 76.5 cm³/mol. The molecule has 1 fully saturated rings. The molecule has 2 aromatic rings. The molecule has 0 radical (unpaired) electrons. The smallest absolute Gasteiger partial charge is 0.260 e. The number of anilines is 1. The fourth-order valence-corrected chi connectivity index (χ4v) is 2.63. The first kappa shape index (κ1) is 16.2. The van der Waals surface area contributed by atoms with E-state index in [1.165, 1.54) is 13.3 Å². The van der Waals surface area contributed by atoms with E-state index >= 15 is 0 Å². The van der Waals surface area contributed by atoms with Gasteiger partial charge in [0.25, 0.3) is 5.88 Å². The van der Waals surface area contributed by atoms with Gasteiger partial charge in [0.2, 0.25) is 11.6 Å². The zero-order chi connectivity index (χ0) is 17.5. The molecule has 0 saturated carbocycles. The number of methoxy groups -OCH3 is 1. The Morgan fingerprint density at radius 3 is 3.00 bits per heavy atom. The molecule has 128 valence electrons. The molecule has 0 aromatic carbocycles. The number of aliphatic hydroxyl groups is 2. The Kier molecular flexibility index (Phi) is 3.87. The highest BCUT2D eigenvalue weighted by molar-refractivity contribution is 5.50. The van der Waals surface area contributed by atoms with Crippen LogP contribution in [0.5, 0.6) is 5.88 Å². The molecule has 0 bridgehead atoms. The monoisotopic (exact) mass is 338 g/mol. The molecule has 24 heavy (non-hydrogen) atoms. The van der Waals surface area contributed by atoms with Gasteiger partial charge in [0.15, 0.2) is 5.72 Å². The minimum Gasteiger partial charge on any atom is -0.491 e. The van der Waals surface area contributed by atoms with Gasteiger partial charge in [0.1, 0.15) is 18.3 Å². The van der Waals surface area contributed by atoms with Crippen molar-refractivity contribution >= 4 is 11.6 Å². The van der Waals surface area contributed by atoms with E-state index in [9.17, 15) is 15.3 Å². The number of rotatable bonds is 4. The van der Waals surface area contributed by atoms with Crippen LogP contribution in [0.15, 0.2) is 11.3 Å².